The minimum Gasteiger partial charge on any atom is -0.290 e. The molecule has 0 aromatic rings. The zero-order valence-electron chi connectivity index (χ0n) is 8.40. The molecule has 16 heavy (non-hydrogen) atoms. The lowest BCUT2D eigenvalue weighted by Gasteiger charge is -2.11. The van der Waals surface area contributed by atoms with E-state index in [1.165, 1.54) is 30.4 Å². The van der Waals surface area contributed by atoms with Gasteiger partial charge in [0.2, 0.25) is 0 Å². The van der Waals surface area contributed by atoms with E-state index in [4.69, 9.17) is 0 Å². The fourth-order valence-corrected chi connectivity index (χ4v) is 1.51. The first kappa shape index (κ1) is 10.2. The molecule has 0 saturated carbocycles. The van der Waals surface area contributed by atoms with E-state index in [-0.39, 0.29) is 28.5 Å². The number of carbonyl (C=O) groups excluding carboxylic acids is 3. The molecular formula is C13H8O3. The smallest absolute Gasteiger partial charge is 0.186 e. The molecule has 0 atom stereocenters. The zero-order valence-corrected chi connectivity index (χ0v) is 8.40. The molecule has 78 valence electrons. The van der Waals surface area contributed by atoms with E-state index in [0.29, 0.717) is 5.57 Å². The third-order valence-corrected chi connectivity index (χ3v) is 2.29. The lowest BCUT2D eigenvalue weighted by atomic mass is 9.89. The lowest BCUT2D eigenvalue weighted by molar-refractivity contribution is -0.115. The number of ketones is 3. The highest BCUT2D eigenvalue weighted by molar-refractivity contribution is 6.25. The van der Waals surface area contributed by atoms with Crippen molar-refractivity contribution < 1.29 is 14.4 Å². The minimum atomic E-state index is -0.331. The lowest BCUT2D eigenvalue weighted by Crippen LogP contribution is -2.15. The molecule has 0 unspecified atom stereocenters. The van der Waals surface area contributed by atoms with Crippen LogP contribution in [-0.2, 0) is 14.4 Å². The van der Waals surface area contributed by atoms with Crippen LogP contribution in [0.3, 0.4) is 0 Å². The molecule has 0 N–H and O–H groups in total. The van der Waals surface area contributed by atoms with Crippen molar-refractivity contribution in [2.45, 2.75) is 0 Å². The summed E-state index contributed by atoms with van der Waals surface area (Å²) in [6, 6.07) is 0. The molecule has 3 nitrogen and oxygen atoms in total. The number of hydrogen-bond acceptors (Lipinski definition) is 3. The van der Waals surface area contributed by atoms with Gasteiger partial charge in [0, 0.05) is 11.1 Å². The molecule has 0 aromatic heterocycles. The summed E-state index contributed by atoms with van der Waals surface area (Å²) in [6.45, 7) is 3.68. The Bertz CT molecular complexity index is 490. The summed E-state index contributed by atoms with van der Waals surface area (Å²) in [6.07, 6.45) is 7.96. The summed E-state index contributed by atoms with van der Waals surface area (Å²) in [5.41, 5.74) is 1.00. The third-order valence-electron chi connectivity index (χ3n) is 2.29. The normalized spacial score (nSPS) is 20.0. The summed E-state index contributed by atoms with van der Waals surface area (Å²) < 4.78 is 0. The van der Waals surface area contributed by atoms with Gasteiger partial charge in [0.1, 0.15) is 0 Å². The van der Waals surface area contributed by atoms with Crippen LogP contribution in [-0.4, -0.2) is 17.3 Å². The molecule has 0 bridgehead atoms. The summed E-state index contributed by atoms with van der Waals surface area (Å²) in [4.78, 5) is 34.3. The largest absolute Gasteiger partial charge is 0.290 e. The molecular weight excluding hydrogens is 204 g/mol. The third kappa shape index (κ3) is 1.75. The predicted molar refractivity (Wildman–Crippen MR) is 58.6 cm³/mol. The average Bonchev–Trinajstić information content (AvgIpc) is 2.25. The summed E-state index contributed by atoms with van der Waals surface area (Å²) >= 11 is 0. The Labute approximate surface area is 92.1 Å². The Kier molecular flexibility index (Phi) is 2.37. The van der Waals surface area contributed by atoms with Crippen LogP contribution in [0, 0.1) is 0 Å². The SMILES string of the molecule is C=C1C=CC(=O)C(C2=CC(=O)C=CC2=O)=C1. The van der Waals surface area contributed by atoms with E-state index in [0.717, 1.165) is 0 Å². The molecule has 0 saturated heterocycles. The summed E-state index contributed by atoms with van der Waals surface area (Å²) in [5, 5.41) is 0. The van der Waals surface area contributed by atoms with Crippen molar-refractivity contribution in [1.29, 1.82) is 0 Å². The van der Waals surface area contributed by atoms with Gasteiger partial charge in [0.15, 0.2) is 17.3 Å². The van der Waals surface area contributed by atoms with Crippen molar-refractivity contribution in [3.63, 3.8) is 0 Å². The van der Waals surface area contributed by atoms with Gasteiger partial charge < -0.3 is 0 Å². The van der Waals surface area contributed by atoms with Crippen LogP contribution in [0.1, 0.15) is 0 Å². The van der Waals surface area contributed by atoms with Crippen LogP contribution in [0.4, 0.5) is 0 Å². The van der Waals surface area contributed by atoms with Gasteiger partial charge in [-0.1, -0.05) is 12.7 Å². The van der Waals surface area contributed by atoms with Gasteiger partial charge in [0.05, 0.1) is 0 Å². The maximum atomic E-state index is 11.6. The Morgan fingerprint density at radius 3 is 2.00 bits per heavy atom. The van der Waals surface area contributed by atoms with Crippen LogP contribution < -0.4 is 0 Å². The van der Waals surface area contributed by atoms with Crippen molar-refractivity contribution >= 4 is 17.3 Å². The van der Waals surface area contributed by atoms with Gasteiger partial charge in [-0.2, -0.15) is 0 Å². The van der Waals surface area contributed by atoms with Crippen molar-refractivity contribution in [1.82, 2.24) is 0 Å². The Balaban J connectivity index is 2.46. The highest BCUT2D eigenvalue weighted by atomic mass is 16.1. The Hall–Kier alpha value is -2.29. The molecule has 2 rings (SSSR count). The minimum absolute atomic E-state index is 0.142. The number of rotatable bonds is 1. The molecule has 0 radical (unpaired) electrons. The molecule has 2 aliphatic rings. The van der Waals surface area contributed by atoms with E-state index in [9.17, 15) is 14.4 Å². The molecule has 0 heterocycles. The summed E-state index contributed by atoms with van der Waals surface area (Å²) in [5.74, 6) is -0.902. The fourth-order valence-electron chi connectivity index (χ4n) is 1.51. The van der Waals surface area contributed by atoms with E-state index in [1.54, 1.807) is 6.08 Å². The molecule has 3 heteroatoms. The van der Waals surface area contributed by atoms with Crippen LogP contribution >= 0.6 is 0 Å². The van der Waals surface area contributed by atoms with Crippen molar-refractivity contribution in [2.24, 2.45) is 0 Å². The number of carbonyl (C=O) groups is 3. The second-order valence-electron chi connectivity index (χ2n) is 3.49. The van der Waals surface area contributed by atoms with Crippen LogP contribution in [0.15, 0.2) is 59.8 Å². The summed E-state index contributed by atoms with van der Waals surface area (Å²) in [7, 11) is 0. The van der Waals surface area contributed by atoms with Crippen LogP contribution in [0.25, 0.3) is 0 Å². The molecule has 0 aliphatic heterocycles. The molecule has 0 aromatic carbocycles. The zero-order chi connectivity index (χ0) is 11.7. The van der Waals surface area contributed by atoms with Crippen LogP contribution in [0.2, 0.25) is 0 Å². The van der Waals surface area contributed by atoms with Gasteiger partial charge in [-0.15, -0.1) is 0 Å². The van der Waals surface area contributed by atoms with Crippen molar-refractivity contribution in [3.05, 3.63) is 59.8 Å². The topological polar surface area (TPSA) is 51.2 Å². The maximum absolute atomic E-state index is 11.6. The Morgan fingerprint density at radius 1 is 0.750 bits per heavy atom. The van der Waals surface area contributed by atoms with E-state index < -0.39 is 0 Å². The monoisotopic (exact) mass is 212 g/mol. The van der Waals surface area contributed by atoms with E-state index in [2.05, 4.69) is 6.58 Å². The second-order valence-corrected chi connectivity index (χ2v) is 3.49. The first-order valence-electron chi connectivity index (χ1n) is 4.69. The average molecular weight is 212 g/mol. The molecule has 0 amide bonds. The highest BCUT2D eigenvalue weighted by Gasteiger charge is 2.22. The van der Waals surface area contributed by atoms with Gasteiger partial charge in [-0.05, 0) is 36.0 Å². The second kappa shape index (κ2) is 3.70. The predicted octanol–water partition coefficient (Wildman–Crippen LogP) is 1.24. The first-order chi connectivity index (χ1) is 7.58. The van der Waals surface area contributed by atoms with Crippen molar-refractivity contribution in [3.8, 4) is 0 Å². The Morgan fingerprint density at radius 2 is 1.31 bits per heavy atom. The molecule has 0 fully saturated rings. The number of hydrogen-bond donors (Lipinski definition) is 0. The quantitative estimate of drug-likeness (QED) is 0.614. The van der Waals surface area contributed by atoms with E-state index in [1.807, 2.05) is 0 Å². The van der Waals surface area contributed by atoms with Gasteiger partial charge in [-0.3, -0.25) is 14.4 Å². The van der Waals surface area contributed by atoms with Crippen molar-refractivity contribution in [2.75, 3.05) is 0 Å². The van der Waals surface area contributed by atoms with Gasteiger partial charge in [-0.25, -0.2) is 0 Å². The van der Waals surface area contributed by atoms with Crippen LogP contribution in [0.5, 0.6) is 0 Å². The number of allylic oxidation sites excluding steroid dienone is 9. The molecule has 2 aliphatic carbocycles. The van der Waals surface area contributed by atoms with Gasteiger partial charge >= 0.3 is 0 Å². The maximum Gasteiger partial charge on any atom is 0.186 e. The molecule has 0 spiro atoms. The first-order valence-corrected chi connectivity index (χ1v) is 4.69. The van der Waals surface area contributed by atoms with Gasteiger partial charge in [0.25, 0.3) is 0 Å². The van der Waals surface area contributed by atoms with E-state index >= 15 is 0 Å². The fraction of sp³-hybridized carbons (Fsp3) is 0. The standard InChI is InChI=1S/C13H8O3/c1-8-2-4-12(15)10(6-8)11-7-9(14)3-5-13(11)16/h2-7H,1H2. The highest BCUT2D eigenvalue weighted by Crippen LogP contribution is 2.22.